The number of primary amides is 1. The molecule has 3 aromatic rings. The topological polar surface area (TPSA) is 122 Å². The fraction of sp³-hybridized carbons (Fsp3) is 0.357. The maximum Gasteiger partial charge on any atom is 0.410 e. The molecule has 0 saturated carbocycles. The van der Waals surface area contributed by atoms with E-state index in [4.69, 9.17) is 10.5 Å². The molecule has 9 nitrogen and oxygen atoms in total. The molecule has 1 saturated heterocycles. The van der Waals surface area contributed by atoms with E-state index in [0.29, 0.717) is 37.3 Å². The molecule has 0 unspecified atom stereocenters. The summed E-state index contributed by atoms with van der Waals surface area (Å²) >= 11 is 0. The zero-order chi connectivity index (χ0) is 26.4. The van der Waals surface area contributed by atoms with Gasteiger partial charge in [-0.3, -0.25) is 4.79 Å². The summed E-state index contributed by atoms with van der Waals surface area (Å²) in [5.41, 5.74) is 8.37. The molecule has 4 rings (SSSR count). The van der Waals surface area contributed by atoms with Gasteiger partial charge in [0.15, 0.2) is 0 Å². The lowest BCUT2D eigenvalue weighted by molar-refractivity contribution is 0.0204. The number of carbonyl (C=O) groups is 2. The van der Waals surface area contributed by atoms with Crippen molar-refractivity contribution in [3.05, 3.63) is 77.5 Å². The number of nitrogens with zero attached hydrogens (tertiary/aromatic N) is 3. The van der Waals surface area contributed by atoms with Gasteiger partial charge < -0.3 is 26.0 Å². The SMILES string of the molecule is CC(C)(C)OC(=O)N1CCC(c2ccc(Nc3ncc(C(N)=O)c(NCc4ccccc4)n3)cc2)CC1. The Morgan fingerprint density at radius 1 is 1.05 bits per heavy atom. The standard InChI is InChI=1S/C28H34N6O3/c1-28(2,3)37-27(36)34-15-13-21(14-16-34)20-9-11-22(12-10-20)32-26-31-18-23(24(29)35)25(33-26)30-17-19-7-5-4-6-8-19/h4-12,18,21H,13-17H2,1-3H3,(H2,29,35)(H2,30,31,32,33). The van der Waals surface area contributed by atoms with Crippen molar-refractivity contribution in [3.63, 3.8) is 0 Å². The number of rotatable bonds is 7. The van der Waals surface area contributed by atoms with Gasteiger partial charge in [-0.1, -0.05) is 42.5 Å². The highest BCUT2D eigenvalue weighted by atomic mass is 16.6. The summed E-state index contributed by atoms with van der Waals surface area (Å²) in [5.74, 6) is 0.526. The number of anilines is 3. The Hall–Kier alpha value is -4.14. The molecule has 2 amide bonds. The molecule has 0 atom stereocenters. The number of ether oxygens (including phenoxy) is 1. The quantitative estimate of drug-likeness (QED) is 0.413. The Morgan fingerprint density at radius 2 is 1.73 bits per heavy atom. The zero-order valence-electron chi connectivity index (χ0n) is 21.5. The summed E-state index contributed by atoms with van der Waals surface area (Å²) in [7, 11) is 0. The van der Waals surface area contributed by atoms with Gasteiger partial charge in [0.25, 0.3) is 5.91 Å². The molecule has 37 heavy (non-hydrogen) atoms. The van der Waals surface area contributed by atoms with Crippen LogP contribution in [-0.4, -0.2) is 45.6 Å². The summed E-state index contributed by atoms with van der Waals surface area (Å²) in [5, 5.41) is 6.38. The maximum absolute atomic E-state index is 12.3. The number of piperidine rings is 1. The minimum atomic E-state index is -0.593. The Balaban J connectivity index is 1.37. The van der Waals surface area contributed by atoms with Crippen LogP contribution in [-0.2, 0) is 11.3 Å². The van der Waals surface area contributed by atoms with Gasteiger partial charge in [0.05, 0.1) is 5.56 Å². The first kappa shape index (κ1) is 25.9. The van der Waals surface area contributed by atoms with E-state index < -0.39 is 11.5 Å². The van der Waals surface area contributed by atoms with E-state index in [1.807, 2.05) is 63.2 Å². The molecule has 4 N–H and O–H groups in total. The van der Waals surface area contributed by atoms with Crippen molar-refractivity contribution in [2.75, 3.05) is 23.7 Å². The first-order valence-electron chi connectivity index (χ1n) is 12.5. The molecular weight excluding hydrogens is 468 g/mol. The number of carbonyl (C=O) groups excluding carboxylic acids is 2. The first-order valence-corrected chi connectivity index (χ1v) is 12.5. The van der Waals surface area contributed by atoms with E-state index in [-0.39, 0.29) is 11.7 Å². The lowest BCUT2D eigenvalue weighted by Gasteiger charge is -2.33. The van der Waals surface area contributed by atoms with Crippen molar-refractivity contribution in [1.29, 1.82) is 0 Å². The molecule has 194 valence electrons. The van der Waals surface area contributed by atoms with Crippen LogP contribution in [0.5, 0.6) is 0 Å². The number of nitrogens with two attached hydrogens (primary N) is 1. The second-order valence-corrected chi connectivity index (χ2v) is 10.1. The number of nitrogens with one attached hydrogen (secondary N) is 2. The highest BCUT2D eigenvalue weighted by molar-refractivity contribution is 5.97. The highest BCUT2D eigenvalue weighted by Crippen LogP contribution is 2.30. The molecule has 1 fully saturated rings. The van der Waals surface area contributed by atoms with Crippen LogP contribution in [0.2, 0.25) is 0 Å². The van der Waals surface area contributed by atoms with Crippen molar-refractivity contribution in [2.45, 2.75) is 51.7 Å². The first-order chi connectivity index (χ1) is 17.7. The molecule has 0 bridgehead atoms. The Labute approximate surface area is 217 Å². The predicted molar refractivity (Wildman–Crippen MR) is 144 cm³/mol. The number of hydrogen-bond donors (Lipinski definition) is 3. The molecular formula is C28H34N6O3. The van der Waals surface area contributed by atoms with Crippen LogP contribution >= 0.6 is 0 Å². The number of hydrogen-bond acceptors (Lipinski definition) is 7. The average Bonchev–Trinajstić information content (AvgIpc) is 2.87. The van der Waals surface area contributed by atoms with Crippen LogP contribution in [0, 0.1) is 0 Å². The van der Waals surface area contributed by atoms with E-state index in [2.05, 4.69) is 32.7 Å². The summed E-state index contributed by atoms with van der Waals surface area (Å²) in [6.45, 7) is 7.50. The van der Waals surface area contributed by atoms with Crippen molar-refractivity contribution in [3.8, 4) is 0 Å². The number of amides is 2. The predicted octanol–water partition coefficient (Wildman–Crippen LogP) is 5.05. The Kier molecular flexibility index (Phi) is 7.91. The summed E-state index contributed by atoms with van der Waals surface area (Å²) in [4.78, 5) is 34.7. The second kappa shape index (κ2) is 11.3. The van der Waals surface area contributed by atoms with Crippen LogP contribution in [0.1, 0.15) is 61.0 Å². The lowest BCUT2D eigenvalue weighted by atomic mass is 9.89. The molecule has 0 spiro atoms. The van der Waals surface area contributed by atoms with Gasteiger partial charge in [-0.15, -0.1) is 0 Å². The summed E-state index contributed by atoms with van der Waals surface area (Å²) in [6, 6.07) is 18.0. The number of likely N-dealkylation sites (tertiary alicyclic amines) is 1. The third kappa shape index (κ3) is 7.19. The molecule has 0 aliphatic carbocycles. The third-order valence-corrected chi connectivity index (χ3v) is 6.14. The largest absolute Gasteiger partial charge is 0.444 e. The van der Waals surface area contributed by atoms with Crippen molar-refractivity contribution in [2.24, 2.45) is 5.73 Å². The van der Waals surface area contributed by atoms with Crippen LogP contribution in [0.4, 0.5) is 22.2 Å². The van der Waals surface area contributed by atoms with Crippen molar-refractivity contribution >= 4 is 29.5 Å². The molecule has 1 aromatic heterocycles. The fourth-order valence-corrected chi connectivity index (χ4v) is 4.23. The molecule has 1 aliphatic rings. The number of benzene rings is 2. The Bertz CT molecular complexity index is 1220. The van der Waals surface area contributed by atoms with Gasteiger partial charge in [0, 0.05) is 31.5 Å². The van der Waals surface area contributed by atoms with E-state index in [9.17, 15) is 9.59 Å². The minimum Gasteiger partial charge on any atom is -0.444 e. The van der Waals surface area contributed by atoms with Crippen LogP contribution in [0.25, 0.3) is 0 Å². The molecule has 2 aromatic carbocycles. The summed E-state index contributed by atoms with van der Waals surface area (Å²) in [6.07, 6.45) is 2.96. The minimum absolute atomic E-state index is 0.231. The van der Waals surface area contributed by atoms with E-state index >= 15 is 0 Å². The Morgan fingerprint density at radius 3 is 2.35 bits per heavy atom. The number of aromatic nitrogens is 2. The van der Waals surface area contributed by atoms with E-state index in [0.717, 1.165) is 24.1 Å². The smallest absolute Gasteiger partial charge is 0.410 e. The van der Waals surface area contributed by atoms with Crippen LogP contribution < -0.4 is 16.4 Å². The van der Waals surface area contributed by atoms with E-state index in [1.54, 1.807) is 4.90 Å². The van der Waals surface area contributed by atoms with Crippen molar-refractivity contribution in [1.82, 2.24) is 14.9 Å². The third-order valence-electron chi connectivity index (χ3n) is 6.14. The lowest BCUT2D eigenvalue weighted by Crippen LogP contribution is -2.41. The van der Waals surface area contributed by atoms with E-state index in [1.165, 1.54) is 11.8 Å². The van der Waals surface area contributed by atoms with Gasteiger partial charge in [-0.05, 0) is 62.8 Å². The normalized spacial score (nSPS) is 14.2. The second-order valence-electron chi connectivity index (χ2n) is 10.1. The highest BCUT2D eigenvalue weighted by Gasteiger charge is 2.27. The van der Waals surface area contributed by atoms with Gasteiger partial charge >= 0.3 is 6.09 Å². The molecule has 9 heteroatoms. The van der Waals surface area contributed by atoms with Crippen LogP contribution in [0.3, 0.4) is 0 Å². The van der Waals surface area contributed by atoms with Gasteiger partial charge in [-0.2, -0.15) is 4.98 Å². The monoisotopic (exact) mass is 502 g/mol. The van der Waals surface area contributed by atoms with Crippen molar-refractivity contribution < 1.29 is 14.3 Å². The maximum atomic E-state index is 12.3. The average molecular weight is 503 g/mol. The van der Waals surface area contributed by atoms with Gasteiger partial charge in [0.1, 0.15) is 11.4 Å². The molecule has 2 heterocycles. The van der Waals surface area contributed by atoms with Gasteiger partial charge in [0.2, 0.25) is 5.95 Å². The van der Waals surface area contributed by atoms with Crippen LogP contribution in [0.15, 0.2) is 60.8 Å². The fourth-order valence-electron chi connectivity index (χ4n) is 4.23. The zero-order valence-corrected chi connectivity index (χ0v) is 21.5. The molecule has 0 radical (unpaired) electrons. The van der Waals surface area contributed by atoms with Gasteiger partial charge in [-0.25, -0.2) is 9.78 Å². The summed E-state index contributed by atoms with van der Waals surface area (Å²) < 4.78 is 5.49. The molecule has 1 aliphatic heterocycles.